The van der Waals surface area contributed by atoms with E-state index in [1.807, 2.05) is 13.8 Å². The van der Waals surface area contributed by atoms with Crippen molar-refractivity contribution >= 4 is 11.7 Å². The summed E-state index contributed by atoms with van der Waals surface area (Å²) in [7, 11) is 0. The Morgan fingerprint density at radius 2 is 1.81 bits per heavy atom. The van der Waals surface area contributed by atoms with Gasteiger partial charge in [0, 0.05) is 0 Å². The maximum atomic E-state index is 12.8. The zero-order valence-corrected chi connectivity index (χ0v) is 12.3. The van der Waals surface area contributed by atoms with Gasteiger partial charge in [-0.25, -0.2) is 4.39 Å². The zero-order valence-electron chi connectivity index (χ0n) is 12.3. The minimum Gasteiger partial charge on any atom is -0.368 e. The number of rotatable bonds is 8. The van der Waals surface area contributed by atoms with Crippen molar-refractivity contribution < 1.29 is 14.0 Å². The second-order valence-electron chi connectivity index (χ2n) is 5.41. The molecule has 0 fully saturated rings. The average Bonchev–Trinajstić information content (AvgIpc) is 2.40. The number of benzene rings is 1. The summed E-state index contributed by atoms with van der Waals surface area (Å²) in [4.78, 5) is 23.2. The molecule has 0 heterocycles. The van der Waals surface area contributed by atoms with E-state index >= 15 is 0 Å². The van der Waals surface area contributed by atoms with Gasteiger partial charge in [-0.05, 0) is 30.0 Å². The van der Waals surface area contributed by atoms with E-state index in [0.717, 1.165) is 5.56 Å². The van der Waals surface area contributed by atoms with Crippen LogP contribution in [0.1, 0.15) is 19.4 Å². The van der Waals surface area contributed by atoms with E-state index in [1.165, 1.54) is 12.1 Å². The quantitative estimate of drug-likeness (QED) is 0.645. The third kappa shape index (κ3) is 5.61. The molecule has 0 radical (unpaired) electrons. The molecule has 1 aromatic rings. The van der Waals surface area contributed by atoms with Crippen LogP contribution in [0.3, 0.4) is 0 Å². The van der Waals surface area contributed by atoms with Crippen LogP contribution in [0, 0.1) is 11.7 Å². The lowest BCUT2D eigenvalue weighted by Crippen LogP contribution is -2.49. The summed E-state index contributed by atoms with van der Waals surface area (Å²) in [5, 5.41) is 2.83. The molecule has 0 aliphatic carbocycles. The molecule has 1 rings (SSSR count). The topological polar surface area (TPSA) is 98.2 Å². The Balaban J connectivity index is 2.51. The second-order valence-corrected chi connectivity index (χ2v) is 5.41. The highest BCUT2D eigenvalue weighted by Crippen LogP contribution is 2.06. The Morgan fingerprint density at radius 3 is 2.29 bits per heavy atom. The molecule has 116 valence electrons. The summed E-state index contributed by atoms with van der Waals surface area (Å²) in [6.07, 6.45) is 0.323. The SMILES string of the molecule is CC(C)C(NCC(=O)C(N)Cc1ccc(F)cc1)C(N)=O. The molecule has 1 aromatic carbocycles. The van der Waals surface area contributed by atoms with E-state index in [-0.39, 0.29) is 24.1 Å². The van der Waals surface area contributed by atoms with Crippen molar-refractivity contribution in [3.63, 3.8) is 0 Å². The zero-order chi connectivity index (χ0) is 16.0. The number of nitrogens with two attached hydrogens (primary N) is 2. The maximum Gasteiger partial charge on any atom is 0.234 e. The van der Waals surface area contributed by atoms with Gasteiger partial charge >= 0.3 is 0 Å². The number of primary amides is 1. The molecule has 6 heteroatoms. The van der Waals surface area contributed by atoms with E-state index in [2.05, 4.69) is 5.32 Å². The third-order valence-corrected chi connectivity index (χ3v) is 3.25. The predicted octanol–water partition coefficient (Wildman–Crippen LogP) is 0.364. The Labute approximate surface area is 123 Å². The lowest BCUT2D eigenvalue weighted by Gasteiger charge is -2.19. The second kappa shape index (κ2) is 7.85. The van der Waals surface area contributed by atoms with Crippen LogP contribution in [0.4, 0.5) is 4.39 Å². The Kier molecular flexibility index (Phi) is 6.45. The Bertz CT molecular complexity index is 488. The molecule has 0 saturated heterocycles. The summed E-state index contributed by atoms with van der Waals surface area (Å²) < 4.78 is 12.8. The molecule has 0 spiro atoms. The van der Waals surface area contributed by atoms with Crippen LogP contribution in [0.2, 0.25) is 0 Å². The highest BCUT2D eigenvalue weighted by atomic mass is 19.1. The summed E-state index contributed by atoms with van der Waals surface area (Å²) in [6.45, 7) is 3.66. The van der Waals surface area contributed by atoms with Gasteiger partial charge < -0.3 is 11.5 Å². The largest absolute Gasteiger partial charge is 0.368 e. The number of nitrogens with one attached hydrogen (secondary N) is 1. The van der Waals surface area contributed by atoms with Gasteiger partial charge in [-0.2, -0.15) is 0 Å². The maximum absolute atomic E-state index is 12.8. The van der Waals surface area contributed by atoms with Crippen molar-refractivity contribution in [3.8, 4) is 0 Å². The monoisotopic (exact) mass is 295 g/mol. The van der Waals surface area contributed by atoms with Crippen molar-refractivity contribution in [1.82, 2.24) is 5.32 Å². The minimum absolute atomic E-state index is 0.0105. The van der Waals surface area contributed by atoms with E-state index < -0.39 is 18.0 Å². The van der Waals surface area contributed by atoms with Crippen LogP contribution in [-0.2, 0) is 16.0 Å². The highest BCUT2D eigenvalue weighted by Gasteiger charge is 2.21. The molecule has 0 aromatic heterocycles. The van der Waals surface area contributed by atoms with E-state index in [4.69, 9.17) is 11.5 Å². The molecular formula is C15H22FN3O2. The van der Waals surface area contributed by atoms with Crippen molar-refractivity contribution in [2.45, 2.75) is 32.4 Å². The van der Waals surface area contributed by atoms with Gasteiger partial charge in [0.25, 0.3) is 0 Å². The molecule has 5 N–H and O–H groups in total. The van der Waals surface area contributed by atoms with Crippen molar-refractivity contribution in [3.05, 3.63) is 35.6 Å². The van der Waals surface area contributed by atoms with E-state index in [0.29, 0.717) is 6.42 Å². The number of amides is 1. The lowest BCUT2D eigenvalue weighted by molar-refractivity contribution is -0.122. The van der Waals surface area contributed by atoms with Gasteiger partial charge in [-0.3, -0.25) is 14.9 Å². The number of carbonyl (C=O) groups is 2. The first-order valence-electron chi connectivity index (χ1n) is 6.86. The van der Waals surface area contributed by atoms with E-state index in [9.17, 15) is 14.0 Å². The first kappa shape index (κ1) is 17.3. The van der Waals surface area contributed by atoms with Gasteiger partial charge in [0.2, 0.25) is 5.91 Å². The number of carbonyl (C=O) groups excluding carboxylic acids is 2. The van der Waals surface area contributed by atoms with Crippen molar-refractivity contribution in [2.75, 3.05) is 6.54 Å². The third-order valence-electron chi connectivity index (χ3n) is 3.25. The summed E-state index contributed by atoms with van der Waals surface area (Å²) in [6, 6.07) is 4.57. The van der Waals surface area contributed by atoms with Gasteiger partial charge in [-0.15, -0.1) is 0 Å². The fourth-order valence-electron chi connectivity index (χ4n) is 1.99. The van der Waals surface area contributed by atoms with E-state index in [1.54, 1.807) is 12.1 Å². The van der Waals surface area contributed by atoms with Crippen LogP contribution in [-0.4, -0.2) is 30.3 Å². The summed E-state index contributed by atoms with van der Waals surface area (Å²) in [5.74, 6) is -1.05. The van der Waals surface area contributed by atoms with Crippen LogP contribution < -0.4 is 16.8 Å². The summed E-state index contributed by atoms with van der Waals surface area (Å²) in [5.41, 5.74) is 11.9. The first-order valence-corrected chi connectivity index (χ1v) is 6.86. The smallest absolute Gasteiger partial charge is 0.234 e. The number of hydrogen-bond donors (Lipinski definition) is 3. The van der Waals surface area contributed by atoms with Gasteiger partial charge in [0.05, 0.1) is 18.6 Å². The molecule has 0 aliphatic heterocycles. The molecule has 5 nitrogen and oxygen atoms in total. The van der Waals surface area contributed by atoms with Crippen LogP contribution in [0.25, 0.3) is 0 Å². The highest BCUT2D eigenvalue weighted by molar-refractivity contribution is 5.87. The molecule has 2 atom stereocenters. The van der Waals surface area contributed by atoms with Crippen molar-refractivity contribution in [2.24, 2.45) is 17.4 Å². The first-order chi connectivity index (χ1) is 9.81. The minimum atomic E-state index is -0.705. The van der Waals surface area contributed by atoms with Crippen LogP contribution >= 0.6 is 0 Å². The number of Topliss-reactive ketones (excluding diaryl/α,β-unsaturated/α-hetero) is 1. The Hall–Kier alpha value is -1.79. The predicted molar refractivity (Wildman–Crippen MR) is 78.9 cm³/mol. The molecular weight excluding hydrogens is 273 g/mol. The van der Waals surface area contributed by atoms with Crippen LogP contribution in [0.5, 0.6) is 0 Å². The lowest BCUT2D eigenvalue weighted by atomic mass is 10.0. The fraction of sp³-hybridized carbons (Fsp3) is 0.467. The molecule has 2 unspecified atom stereocenters. The standard InChI is InChI=1S/C15H22FN3O2/c1-9(2)14(15(18)21)19-8-13(20)12(17)7-10-3-5-11(16)6-4-10/h3-6,9,12,14,19H,7-8,17H2,1-2H3,(H2,18,21). The molecule has 0 bridgehead atoms. The van der Waals surface area contributed by atoms with Crippen molar-refractivity contribution in [1.29, 1.82) is 0 Å². The van der Waals surface area contributed by atoms with Gasteiger partial charge in [0.15, 0.2) is 5.78 Å². The number of halogens is 1. The molecule has 0 saturated carbocycles. The van der Waals surface area contributed by atoms with Crippen LogP contribution in [0.15, 0.2) is 24.3 Å². The fourth-order valence-corrected chi connectivity index (χ4v) is 1.99. The molecule has 0 aliphatic rings. The van der Waals surface area contributed by atoms with Gasteiger partial charge in [-0.1, -0.05) is 26.0 Å². The summed E-state index contributed by atoms with van der Waals surface area (Å²) >= 11 is 0. The number of hydrogen-bond acceptors (Lipinski definition) is 4. The van der Waals surface area contributed by atoms with Gasteiger partial charge in [0.1, 0.15) is 5.82 Å². The molecule has 21 heavy (non-hydrogen) atoms. The average molecular weight is 295 g/mol. The molecule has 1 amide bonds. The normalized spacial score (nSPS) is 14.0. The Morgan fingerprint density at radius 1 is 1.24 bits per heavy atom. The number of ketones is 1.